The molecule has 0 aliphatic carbocycles. The van der Waals surface area contributed by atoms with Gasteiger partial charge >= 0.3 is 0 Å². The Morgan fingerprint density at radius 1 is 1.32 bits per heavy atom. The summed E-state index contributed by atoms with van der Waals surface area (Å²) in [7, 11) is 0. The third kappa shape index (κ3) is 3.80. The Morgan fingerprint density at radius 2 is 2.09 bits per heavy atom. The summed E-state index contributed by atoms with van der Waals surface area (Å²) in [6, 6.07) is 9.76. The molecular formula is C14H10ClN3O4. The van der Waals surface area contributed by atoms with Crippen LogP contribution in [-0.4, -0.2) is 22.2 Å². The Bertz CT molecular complexity index is 762. The van der Waals surface area contributed by atoms with Gasteiger partial charge in [-0.1, -0.05) is 17.7 Å². The number of phenols is 1. The quantitative estimate of drug-likeness (QED) is 0.513. The zero-order chi connectivity index (χ0) is 16.1. The van der Waals surface area contributed by atoms with Crippen LogP contribution in [0.1, 0.15) is 15.9 Å². The highest BCUT2D eigenvalue weighted by atomic mass is 35.5. The van der Waals surface area contributed by atoms with E-state index >= 15 is 0 Å². The van der Waals surface area contributed by atoms with Crippen molar-refractivity contribution in [1.82, 2.24) is 5.43 Å². The summed E-state index contributed by atoms with van der Waals surface area (Å²) >= 11 is 5.77. The number of carbonyl (C=O) groups is 1. The van der Waals surface area contributed by atoms with Gasteiger partial charge in [0.25, 0.3) is 11.6 Å². The number of benzene rings is 2. The molecule has 7 nitrogen and oxygen atoms in total. The first-order valence-corrected chi connectivity index (χ1v) is 6.41. The van der Waals surface area contributed by atoms with Crippen LogP contribution in [0.25, 0.3) is 0 Å². The normalized spacial score (nSPS) is 10.6. The lowest BCUT2D eigenvalue weighted by Gasteiger charge is -2.01. The predicted molar refractivity (Wildman–Crippen MR) is 81.3 cm³/mol. The fourth-order valence-electron chi connectivity index (χ4n) is 1.61. The van der Waals surface area contributed by atoms with E-state index in [0.29, 0.717) is 10.6 Å². The highest BCUT2D eigenvalue weighted by Gasteiger charge is 2.09. The maximum atomic E-state index is 11.8. The number of nitrogens with zero attached hydrogens (tertiary/aromatic N) is 2. The van der Waals surface area contributed by atoms with Gasteiger partial charge in [-0.15, -0.1) is 0 Å². The largest absolute Gasteiger partial charge is 0.507 e. The van der Waals surface area contributed by atoms with E-state index in [1.54, 1.807) is 18.2 Å². The molecule has 0 saturated heterocycles. The van der Waals surface area contributed by atoms with E-state index in [1.165, 1.54) is 12.1 Å². The number of halogens is 1. The van der Waals surface area contributed by atoms with Gasteiger partial charge in [0.1, 0.15) is 5.75 Å². The lowest BCUT2D eigenvalue weighted by molar-refractivity contribution is -0.384. The Balaban J connectivity index is 2.11. The number of nitrogens with one attached hydrogen (secondary N) is 1. The number of nitro groups is 1. The topological polar surface area (TPSA) is 105 Å². The molecule has 0 aromatic heterocycles. The van der Waals surface area contributed by atoms with E-state index < -0.39 is 10.8 Å². The highest BCUT2D eigenvalue weighted by molar-refractivity contribution is 6.30. The number of nitro benzene ring substituents is 1. The summed E-state index contributed by atoms with van der Waals surface area (Å²) in [5.41, 5.74) is 2.47. The van der Waals surface area contributed by atoms with E-state index in [9.17, 15) is 20.0 Å². The van der Waals surface area contributed by atoms with Crippen molar-refractivity contribution < 1.29 is 14.8 Å². The minimum Gasteiger partial charge on any atom is -0.507 e. The molecule has 0 radical (unpaired) electrons. The average molecular weight is 320 g/mol. The standard InChI is InChI=1S/C14H10ClN3O4/c15-11-3-1-2-9(6-11)14(20)17-16-8-10-7-12(18(21)22)4-5-13(10)19/h1-8,19H,(H,17,20). The van der Waals surface area contributed by atoms with Gasteiger partial charge in [0.05, 0.1) is 11.1 Å². The number of non-ortho nitro benzene ring substituents is 1. The van der Waals surface area contributed by atoms with Crippen LogP contribution in [0.3, 0.4) is 0 Å². The van der Waals surface area contributed by atoms with Crippen LogP contribution in [0.4, 0.5) is 5.69 Å². The van der Waals surface area contributed by atoms with Crippen molar-refractivity contribution in [2.75, 3.05) is 0 Å². The fraction of sp³-hybridized carbons (Fsp3) is 0. The molecule has 2 aromatic rings. The van der Waals surface area contributed by atoms with Gasteiger partial charge < -0.3 is 5.11 Å². The molecule has 0 fully saturated rings. The van der Waals surface area contributed by atoms with Gasteiger partial charge in [-0.3, -0.25) is 14.9 Å². The van der Waals surface area contributed by atoms with Gasteiger partial charge in [-0.2, -0.15) is 5.10 Å². The number of phenolic OH excluding ortho intramolecular Hbond substituents is 1. The second-order valence-electron chi connectivity index (χ2n) is 4.21. The fourth-order valence-corrected chi connectivity index (χ4v) is 1.80. The SMILES string of the molecule is O=C(NN=Cc1cc([N+](=O)[O-])ccc1O)c1cccc(Cl)c1. The Morgan fingerprint density at radius 3 is 2.77 bits per heavy atom. The van der Waals surface area contributed by atoms with Crippen LogP contribution < -0.4 is 5.43 Å². The monoisotopic (exact) mass is 319 g/mol. The average Bonchev–Trinajstić information content (AvgIpc) is 2.48. The Kier molecular flexibility index (Phi) is 4.70. The van der Waals surface area contributed by atoms with Crippen LogP contribution in [0.5, 0.6) is 5.75 Å². The molecule has 2 rings (SSSR count). The number of rotatable bonds is 4. The van der Waals surface area contributed by atoms with Crippen molar-refractivity contribution in [1.29, 1.82) is 0 Å². The molecule has 0 atom stereocenters. The summed E-state index contributed by atoms with van der Waals surface area (Å²) in [4.78, 5) is 21.9. The molecule has 8 heteroatoms. The molecular weight excluding hydrogens is 310 g/mol. The number of amides is 1. The van der Waals surface area contributed by atoms with E-state index in [-0.39, 0.29) is 17.0 Å². The van der Waals surface area contributed by atoms with Crippen molar-refractivity contribution in [2.45, 2.75) is 0 Å². The first kappa shape index (κ1) is 15.5. The van der Waals surface area contributed by atoms with Crippen LogP contribution in [-0.2, 0) is 0 Å². The molecule has 112 valence electrons. The molecule has 2 aromatic carbocycles. The molecule has 0 heterocycles. The van der Waals surface area contributed by atoms with Gasteiger partial charge in [0.15, 0.2) is 0 Å². The molecule has 2 N–H and O–H groups in total. The molecule has 22 heavy (non-hydrogen) atoms. The molecule has 0 aliphatic rings. The molecule has 1 amide bonds. The Hall–Kier alpha value is -2.93. The maximum absolute atomic E-state index is 11.8. The van der Waals surface area contributed by atoms with Gasteiger partial charge in [-0.05, 0) is 24.3 Å². The Labute approximate surface area is 130 Å². The highest BCUT2D eigenvalue weighted by Crippen LogP contribution is 2.21. The second-order valence-corrected chi connectivity index (χ2v) is 4.65. The van der Waals surface area contributed by atoms with E-state index in [4.69, 9.17) is 11.6 Å². The second kappa shape index (κ2) is 6.68. The van der Waals surface area contributed by atoms with Crippen molar-refractivity contribution in [3.8, 4) is 5.75 Å². The summed E-state index contributed by atoms with van der Waals surface area (Å²) in [5.74, 6) is -0.685. The molecule has 0 aliphatic heterocycles. The number of hydrogen-bond acceptors (Lipinski definition) is 5. The third-order valence-corrected chi connectivity index (χ3v) is 2.91. The van der Waals surface area contributed by atoms with Crippen LogP contribution in [0, 0.1) is 10.1 Å². The van der Waals surface area contributed by atoms with Gasteiger partial charge in [0, 0.05) is 28.3 Å². The van der Waals surface area contributed by atoms with E-state index in [2.05, 4.69) is 10.5 Å². The van der Waals surface area contributed by atoms with Crippen molar-refractivity contribution >= 4 is 29.4 Å². The summed E-state index contributed by atoms with van der Waals surface area (Å²) in [6.45, 7) is 0. The smallest absolute Gasteiger partial charge is 0.271 e. The minimum absolute atomic E-state index is 0.112. The summed E-state index contributed by atoms with van der Waals surface area (Å²) in [5, 5.41) is 24.3. The van der Waals surface area contributed by atoms with E-state index in [1.807, 2.05) is 0 Å². The number of aromatic hydroxyl groups is 1. The van der Waals surface area contributed by atoms with E-state index in [0.717, 1.165) is 18.3 Å². The molecule has 0 unspecified atom stereocenters. The van der Waals surface area contributed by atoms with Crippen molar-refractivity contribution in [3.63, 3.8) is 0 Å². The molecule has 0 spiro atoms. The first-order valence-electron chi connectivity index (χ1n) is 6.04. The van der Waals surface area contributed by atoms with Crippen molar-refractivity contribution in [3.05, 3.63) is 68.7 Å². The number of hydrazone groups is 1. The van der Waals surface area contributed by atoms with Gasteiger partial charge in [-0.25, -0.2) is 5.43 Å². The summed E-state index contributed by atoms with van der Waals surface area (Å²) < 4.78 is 0. The van der Waals surface area contributed by atoms with Crippen molar-refractivity contribution in [2.24, 2.45) is 5.10 Å². The van der Waals surface area contributed by atoms with Crippen LogP contribution >= 0.6 is 11.6 Å². The zero-order valence-corrected chi connectivity index (χ0v) is 11.8. The van der Waals surface area contributed by atoms with Crippen LogP contribution in [0.2, 0.25) is 5.02 Å². The maximum Gasteiger partial charge on any atom is 0.271 e. The lowest BCUT2D eigenvalue weighted by Crippen LogP contribution is -2.17. The number of hydrogen-bond donors (Lipinski definition) is 2. The molecule has 0 bridgehead atoms. The molecule has 0 saturated carbocycles. The lowest BCUT2D eigenvalue weighted by atomic mass is 10.2. The van der Waals surface area contributed by atoms with Crippen LogP contribution in [0.15, 0.2) is 47.6 Å². The van der Waals surface area contributed by atoms with Gasteiger partial charge in [0.2, 0.25) is 0 Å². The first-order chi connectivity index (χ1) is 10.5. The minimum atomic E-state index is -0.596. The number of carbonyl (C=O) groups excluding carboxylic acids is 1. The third-order valence-electron chi connectivity index (χ3n) is 2.68. The zero-order valence-electron chi connectivity index (χ0n) is 11.1. The summed E-state index contributed by atoms with van der Waals surface area (Å²) in [6.07, 6.45) is 1.12. The predicted octanol–water partition coefficient (Wildman–Crippen LogP) is 2.72.